The fourth-order valence-electron chi connectivity index (χ4n) is 2.69. The van der Waals surface area contributed by atoms with Crippen LogP contribution in [0.1, 0.15) is 24.2 Å². The topological polar surface area (TPSA) is 107 Å². The van der Waals surface area contributed by atoms with Gasteiger partial charge in [0.25, 0.3) is 0 Å². The first-order chi connectivity index (χ1) is 13.4. The second-order valence-electron chi connectivity index (χ2n) is 6.02. The van der Waals surface area contributed by atoms with Gasteiger partial charge in [0, 0.05) is 21.0 Å². The number of carbonyl (C=O) groups is 3. The molecule has 1 unspecified atom stereocenters. The fraction of sp³-hybridized carbons (Fsp3) is 0.526. The Morgan fingerprint density at radius 1 is 0.964 bits per heavy atom. The maximum atomic E-state index is 12.2. The van der Waals surface area contributed by atoms with Crippen LogP contribution >= 0.6 is 0 Å². The van der Waals surface area contributed by atoms with Crippen LogP contribution in [0, 0.1) is 0 Å². The van der Waals surface area contributed by atoms with Gasteiger partial charge in [-0.15, -0.1) is 0 Å². The number of hydrogen-bond donors (Lipinski definition) is 0. The Morgan fingerprint density at radius 3 is 2.25 bits per heavy atom. The zero-order valence-electron chi connectivity index (χ0n) is 16.0. The Labute approximate surface area is 162 Å². The van der Waals surface area contributed by atoms with E-state index in [0.29, 0.717) is 5.56 Å². The van der Waals surface area contributed by atoms with Crippen LogP contribution in [0.3, 0.4) is 0 Å². The molecule has 0 amide bonds. The van der Waals surface area contributed by atoms with Crippen molar-refractivity contribution >= 4 is 17.9 Å². The number of hydrogen-bond acceptors (Lipinski definition) is 9. The molecule has 1 aliphatic heterocycles. The van der Waals surface area contributed by atoms with Gasteiger partial charge in [-0.3, -0.25) is 9.59 Å². The lowest BCUT2D eigenvalue weighted by Gasteiger charge is -2.23. The average Bonchev–Trinajstić information content (AvgIpc) is 2.96. The average molecular weight is 396 g/mol. The lowest BCUT2D eigenvalue weighted by molar-refractivity contribution is -0.196. The summed E-state index contributed by atoms with van der Waals surface area (Å²) in [6, 6.07) is 8.45. The Morgan fingerprint density at radius 2 is 1.64 bits per heavy atom. The fourth-order valence-corrected chi connectivity index (χ4v) is 2.69. The van der Waals surface area contributed by atoms with Gasteiger partial charge in [-0.05, 0) is 12.1 Å². The van der Waals surface area contributed by atoms with Crippen LogP contribution in [0.4, 0.5) is 0 Å². The highest BCUT2D eigenvalue weighted by Crippen LogP contribution is 2.28. The molecular weight excluding hydrogens is 372 g/mol. The Hall–Kier alpha value is -2.49. The van der Waals surface area contributed by atoms with Crippen LogP contribution in [0.25, 0.3) is 0 Å². The molecule has 9 heteroatoms. The van der Waals surface area contributed by atoms with Gasteiger partial charge in [0.1, 0.15) is 18.8 Å². The molecule has 1 heterocycles. The molecular formula is C19H24O9. The third-order valence-electron chi connectivity index (χ3n) is 3.84. The van der Waals surface area contributed by atoms with E-state index in [1.54, 1.807) is 30.3 Å². The van der Waals surface area contributed by atoms with Crippen molar-refractivity contribution in [2.24, 2.45) is 0 Å². The van der Waals surface area contributed by atoms with Crippen molar-refractivity contribution in [1.82, 2.24) is 0 Å². The maximum absolute atomic E-state index is 12.2. The van der Waals surface area contributed by atoms with Crippen molar-refractivity contribution in [1.29, 1.82) is 0 Å². The summed E-state index contributed by atoms with van der Waals surface area (Å²) < 4.78 is 32.0. The van der Waals surface area contributed by atoms with Crippen molar-refractivity contribution in [3.05, 3.63) is 35.9 Å². The number of ether oxygens (including phenoxy) is 6. The molecule has 1 saturated heterocycles. The van der Waals surface area contributed by atoms with Gasteiger partial charge >= 0.3 is 17.9 Å². The Kier molecular flexibility index (Phi) is 8.37. The van der Waals surface area contributed by atoms with Gasteiger partial charge in [0.05, 0.1) is 18.8 Å². The minimum atomic E-state index is -1.17. The highest BCUT2D eigenvalue weighted by atomic mass is 16.7. The third-order valence-corrected chi connectivity index (χ3v) is 3.84. The van der Waals surface area contributed by atoms with Crippen LogP contribution in [0.2, 0.25) is 0 Å². The number of rotatable bonds is 9. The van der Waals surface area contributed by atoms with Crippen molar-refractivity contribution < 1.29 is 42.8 Å². The second kappa shape index (κ2) is 10.7. The minimum Gasteiger partial charge on any atom is -0.459 e. The van der Waals surface area contributed by atoms with Crippen molar-refractivity contribution in [2.45, 2.75) is 38.4 Å². The summed E-state index contributed by atoms with van der Waals surface area (Å²) in [4.78, 5) is 35.0. The highest BCUT2D eigenvalue weighted by molar-refractivity contribution is 5.89. The van der Waals surface area contributed by atoms with Crippen LogP contribution in [0.5, 0.6) is 0 Å². The summed E-state index contributed by atoms with van der Waals surface area (Å²) in [7, 11) is 1.51. The molecule has 1 aliphatic rings. The van der Waals surface area contributed by atoms with Gasteiger partial charge in [0.15, 0.2) is 6.10 Å². The third kappa shape index (κ3) is 6.29. The molecule has 154 valence electrons. The summed E-state index contributed by atoms with van der Waals surface area (Å²) in [5.41, 5.74) is 0.380. The normalized spacial score (nSPS) is 23.8. The van der Waals surface area contributed by atoms with Crippen LogP contribution in [-0.2, 0) is 38.0 Å². The van der Waals surface area contributed by atoms with Crippen molar-refractivity contribution in [3.8, 4) is 0 Å². The molecule has 9 nitrogen and oxygen atoms in total. The second-order valence-corrected chi connectivity index (χ2v) is 6.02. The maximum Gasteiger partial charge on any atom is 0.338 e. The molecule has 1 fully saturated rings. The molecule has 0 spiro atoms. The predicted molar refractivity (Wildman–Crippen MR) is 94.3 cm³/mol. The summed E-state index contributed by atoms with van der Waals surface area (Å²) in [6.07, 6.45) is -3.79. The zero-order valence-corrected chi connectivity index (χ0v) is 16.0. The Bertz CT molecular complexity index is 661. The molecule has 0 aromatic heterocycles. The van der Waals surface area contributed by atoms with E-state index in [4.69, 9.17) is 28.4 Å². The lowest BCUT2D eigenvalue weighted by atomic mass is 10.1. The molecule has 2 rings (SSSR count). The van der Waals surface area contributed by atoms with E-state index in [-0.39, 0.29) is 19.8 Å². The molecule has 0 aliphatic carbocycles. The first kappa shape index (κ1) is 21.8. The standard InChI is InChI=1S/C19H24O9/c1-12(20)26-17-16(24-10-9-23-3)15(28-19(17)27-13(2)21)11-25-18(22)14-7-5-4-6-8-14/h4-8,15-17,19H,9-11H2,1-3H3/t15-,16-,17-,19?/m1/s1. The molecule has 4 atom stereocenters. The van der Waals surface area contributed by atoms with Crippen molar-refractivity contribution in [2.75, 3.05) is 26.9 Å². The van der Waals surface area contributed by atoms with E-state index in [1.807, 2.05) is 0 Å². The van der Waals surface area contributed by atoms with Crippen molar-refractivity contribution in [3.63, 3.8) is 0 Å². The van der Waals surface area contributed by atoms with Gasteiger partial charge in [-0.1, -0.05) is 18.2 Å². The number of benzene rings is 1. The predicted octanol–water partition coefficient (Wildman–Crippen LogP) is 1.09. The monoisotopic (exact) mass is 396 g/mol. The minimum absolute atomic E-state index is 0.179. The van der Waals surface area contributed by atoms with Crippen LogP contribution in [0.15, 0.2) is 30.3 Å². The number of esters is 3. The van der Waals surface area contributed by atoms with Gasteiger partial charge in [-0.2, -0.15) is 0 Å². The molecule has 28 heavy (non-hydrogen) atoms. The van der Waals surface area contributed by atoms with E-state index < -0.39 is 42.5 Å². The van der Waals surface area contributed by atoms with E-state index >= 15 is 0 Å². The zero-order chi connectivity index (χ0) is 20.5. The lowest BCUT2D eigenvalue weighted by Crippen LogP contribution is -2.41. The van der Waals surface area contributed by atoms with E-state index in [2.05, 4.69) is 0 Å². The van der Waals surface area contributed by atoms with Gasteiger partial charge in [-0.25, -0.2) is 4.79 Å². The molecule has 0 radical (unpaired) electrons. The molecule has 1 aromatic rings. The first-order valence-electron chi connectivity index (χ1n) is 8.75. The van der Waals surface area contributed by atoms with E-state index in [1.165, 1.54) is 21.0 Å². The van der Waals surface area contributed by atoms with E-state index in [0.717, 1.165) is 0 Å². The van der Waals surface area contributed by atoms with Crippen LogP contribution in [-0.4, -0.2) is 69.4 Å². The SMILES string of the molecule is COCCO[C@@H]1[C@@H](COC(=O)c2ccccc2)OC(OC(C)=O)[C@@H]1OC(C)=O. The smallest absolute Gasteiger partial charge is 0.338 e. The number of methoxy groups -OCH3 is 1. The molecule has 0 N–H and O–H groups in total. The largest absolute Gasteiger partial charge is 0.459 e. The van der Waals surface area contributed by atoms with Gasteiger partial charge < -0.3 is 28.4 Å². The Balaban J connectivity index is 2.09. The van der Waals surface area contributed by atoms with E-state index in [9.17, 15) is 14.4 Å². The van der Waals surface area contributed by atoms with Gasteiger partial charge in [0.2, 0.25) is 6.29 Å². The summed E-state index contributed by atoms with van der Waals surface area (Å²) in [5.74, 6) is -1.74. The first-order valence-corrected chi connectivity index (χ1v) is 8.75. The van der Waals surface area contributed by atoms with Crippen LogP contribution < -0.4 is 0 Å². The summed E-state index contributed by atoms with van der Waals surface area (Å²) in [5, 5.41) is 0. The highest BCUT2D eigenvalue weighted by Gasteiger charge is 2.50. The molecule has 0 saturated carbocycles. The summed E-state index contributed by atoms with van der Waals surface area (Å²) in [6.45, 7) is 2.72. The molecule has 1 aromatic carbocycles. The number of carbonyl (C=O) groups excluding carboxylic acids is 3. The summed E-state index contributed by atoms with van der Waals surface area (Å²) >= 11 is 0. The quantitative estimate of drug-likeness (QED) is 0.344. The molecule has 0 bridgehead atoms.